The first kappa shape index (κ1) is 40.1. The summed E-state index contributed by atoms with van der Waals surface area (Å²) < 4.78 is 18.6. The van der Waals surface area contributed by atoms with Crippen LogP contribution in [0.25, 0.3) is 11.1 Å². The number of aliphatic hydroxyl groups is 2. The minimum atomic E-state index is -1.83. The molecule has 7 rings (SSSR count). The molecule has 0 saturated heterocycles. The summed E-state index contributed by atoms with van der Waals surface area (Å²) in [4.78, 5) is 33.5. The second kappa shape index (κ2) is 17.2. The Hall–Kier alpha value is -5.13. The molecule has 3 N–H and O–H groups in total. The first-order chi connectivity index (χ1) is 27.3. The van der Waals surface area contributed by atoms with Crippen LogP contribution in [0.15, 0.2) is 91.1 Å². The molecular weight excluding hydrogens is 765 g/mol. The van der Waals surface area contributed by atoms with E-state index >= 15 is 0 Å². The summed E-state index contributed by atoms with van der Waals surface area (Å²) in [7, 11) is 0. The van der Waals surface area contributed by atoms with Crippen molar-refractivity contribution < 1.29 is 34.0 Å². The summed E-state index contributed by atoms with van der Waals surface area (Å²) in [5.74, 6) is 0.766. The molecule has 2 aliphatic heterocycles. The smallest absolute Gasteiger partial charge is 0.243 e. The average Bonchev–Trinajstić information content (AvgIpc) is 3.20. The second-order valence-electron chi connectivity index (χ2n) is 14.9. The Bertz CT molecular complexity index is 2260. The lowest BCUT2D eigenvalue weighted by molar-refractivity contribution is -0.146. The van der Waals surface area contributed by atoms with Gasteiger partial charge in [-0.15, -0.1) is 0 Å². The number of hydrogen-bond donors (Lipinski definition) is 3. The van der Waals surface area contributed by atoms with Gasteiger partial charge in [-0.1, -0.05) is 79.5 Å². The number of carbonyl (C=O) groups excluding carboxylic acids is 2. The van der Waals surface area contributed by atoms with Gasteiger partial charge in [0.2, 0.25) is 11.8 Å². The van der Waals surface area contributed by atoms with Gasteiger partial charge in [0, 0.05) is 30.8 Å². The molecule has 12 heteroatoms. The van der Waals surface area contributed by atoms with Crippen molar-refractivity contribution in [3.05, 3.63) is 140 Å². The second-order valence-corrected chi connectivity index (χ2v) is 15.7. The molecule has 5 aromatic rings. The lowest BCUT2D eigenvalue weighted by atomic mass is 9.91. The fraction of sp³-hybridized carbons (Fsp3) is 0.311. The summed E-state index contributed by atoms with van der Waals surface area (Å²) in [6.45, 7) is 8.38. The SMILES string of the molecule is Cc1nccc(-c2ccc(CC(NC(=O)C3Cc4cc5c(cc4CN3C(=O)C(C)C)OC(c3ccc(OCc4ccc(Cl)c(Cl)c4)cc3)CO5)C(O)O)cc2)c1C. The van der Waals surface area contributed by atoms with E-state index in [9.17, 15) is 19.8 Å². The molecule has 3 atom stereocenters. The predicted molar refractivity (Wildman–Crippen MR) is 218 cm³/mol. The van der Waals surface area contributed by atoms with Gasteiger partial charge in [-0.05, 0) is 107 Å². The number of carbonyl (C=O) groups is 2. The number of rotatable bonds is 11. The Balaban J connectivity index is 1.03. The molecule has 3 heterocycles. The largest absolute Gasteiger partial charge is 0.489 e. The normalized spacial score (nSPS) is 16.6. The predicted octanol–water partition coefficient (Wildman–Crippen LogP) is 7.71. The number of fused-ring (bicyclic) bond motifs is 2. The zero-order valence-corrected chi connectivity index (χ0v) is 33.7. The first-order valence-electron chi connectivity index (χ1n) is 18.9. The van der Waals surface area contributed by atoms with E-state index in [4.69, 9.17) is 37.4 Å². The van der Waals surface area contributed by atoms with Crippen LogP contribution in [0.2, 0.25) is 10.0 Å². The number of amides is 2. The third-order valence-corrected chi connectivity index (χ3v) is 11.4. The quantitative estimate of drug-likeness (QED) is 0.116. The van der Waals surface area contributed by atoms with E-state index in [-0.39, 0.29) is 43.9 Å². The minimum absolute atomic E-state index is 0.174. The third kappa shape index (κ3) is 9.05. The fourth-order valence-electron chi connectivity index (χ4n) is 7.22. The fourth-order valence-corrected chi connectivity index (χ4v) is 7.55. The van der Waals surface area contributed by atoms with E-state index < -0.39 is 24.3 Å². The van der Waals surface area contributed by atoms with Gasteiger partial charge in [0.15, 0.2) is 23.9 Å². The Morgan fingerprint density at radius 2 is 1.63 bits per heavy atom. The molecule has 0 saturated carbocycles. The van der Waals surface area contributed by atoms with Gasteiger partial charge < -0.3 is 34.6 Å². The molecule has 10 nitrogen and oxygen atoms in total. The molecule has 2 aliphatic rings. The van der Waals surface area contributed by atoms with Crippen molar-refractivity contribution in [3.8, 4) is 28.4 Å². The number of pyridine rings is 1. The highest BCUT2D eigenvalue weighted by Crippen LogP contribution is 2.41. The number of halogens is 2. The lowest BCUT2D eigenvalue weighted by Gasteiger charge is -2.38. The Morgan fingerprint density at radius 1 is 0.912 bits per heavy atom. The Morgan fingerprint density at radius 3 is 2.33 bits per heavy atom. The Kier molecular flexibility index (Phi) is 12.1. The van der Waals surface area contributed by atoms with Crippen molar-refractivity contribution in [2.75, 3.05) is 6.61 Å². The van der Waals surface area contributed by atoms with Crippen LogP contribution in [-0.2, 0) is 35.6 Å². The average molecular weight is 811 g/mol. The van der Waals surface area contributed by atoms with Gasteiger partial charge in [0.1, 0.15) is 25.0 Å². The molecule has 2 amide bonds. The summed E-state index contributed by atoms with van der Waals surface area (Å²) >= 11 is 12.2. The van der Waals surface area contributed by atoms with E-state index in [1.807, 2.05) is 86.6 Å². The van der Waals surface area contributed by atoms with E-state index in [2.05, 4.69) is 10.3 Å². The van der Waals surface area contributed by atoms with Crippen LogP contribution in [0.1, 0.15) is 59.0 Å². The van der Waals surface area contributed by atoms with E-state index in [0.717, 1.165) is 50.2 Å². The summed E-state index contributed by atoms with van der Waals surface area (Å²) in [6.07, 6.45) is -0.0306. The molecular formula is C45H45Cl2N3O7. The summed E-state index contributed by atoms with van der Waals surface area (Å²) in [5.41, 5.74) is 8.45. The van der Waals surface area contributed by atoms with Gasteiger partial charge in [0.25, 0.3) is 0 Å². The first-order valence-corrected chi connectivity index (χ1v) is 19.7. The number of aryl methyl sites for hydroxylation is 1. The van der Waals surface area contributed by atoms with Crippen LogP contribution in [0, 0.1) is 19.8 Å². The van der Waals surface area contributed by atoms with E-state index in [1.54, 1.807) is 37.1 Å². The highest BCUT2D eigenvalue weighted by Gasteiger charge is 2.38. The summed E-state index contributed by atoms with van der Waals surface area (Å²) in [5, 5.41) is 24.6. The lowest BCUT2D eigenvalue weighted by Crippen LogP contribution is -2.57. The number of aromatic nitrogens is 1. The molecule has 0 spiro atoms. The maximum atomic E-state index is 14.0. The minimum Gasteiger partial charge on any atom is -0.489 e. The number of nitrogens with one attached hydrogen (secondary N) is 1. The molecule has 57 heavy (non-hydrogen) atoms. The molecule has 0 fully saturated rings. The molecule has 3 unspecified atom stereocenters. The highest BCUT2D eigenvalue weighted by molar-refractivity contribution is 6.42. The van der Waals surface area contributed by atoms with Crippen molar-refractivity contribution in [1.82, 2.24) is 15.2 Å². The van der Waals surface area contributed by atoms with Gasteiger partial charge in [-0.25, -0.2) is 0 Å². The molecule has 296 valence electrons. The monoisotopic (exact) mass is 809 g/mol. The number of nitrogens with zero attached hydrogens (tertiary/aromatic N) is 2. The third-order valence-electron chi connectivity index (χ3n) is 10.6. The van der Waals surface area contributed by atoms with Crippen molar-refractivity contribution in [1.29, 1.82) is 0 Å². The summed E-state index contributed by atoms with van der Waals surface area (Å²) in [6, 6.07) is 24.6. The van der Waals surface area contributed by atoms with Crippen molar-refractivity contribution in [2.24, 2.45) is 5.92 Å². The van der Waals surface area contributed by atoms with Gasteiger partial charge in [-0.2, -0.15) is 0 Å². The van der Waals surface area contributed by atoms with Crippen LogP contribution in [0.3, 0.4) is 0 Å². The van der Waals surface area contributed by atoms with Crippen LogP contribution >= 0.6 is 23.2 Å². The zero-order chi connectivity index (χ0) is 40.4. The number of aliphatic hydroxyl groups excluding tert-OH is 1. The van der Waals surface area contributed by atoms with Crippen LogP contribution < -0.4 is 19.5 Å². The van der Waals surface area contributed by atoms with E-state index in [0.29, 0.717) is 33.9 Å². The molecule has 0 aliphatic carbocycles. The highest BCUT2D eigenvalue weighted by atomic mass is 35.5. The zero-order valence-electron chi connectivity index (χ0n) is 32.2. The van der Waals surface area contributed by atoms with Crippen LogP contribution in [-0.4, -0.2) is 56.9 Å². The topological polar surface area (TPSA) is 130 Å². The Labute approximate surface area is 342 Å². The number of ether oxygens (including phenoxy) is 3. The molecule has 0 bridgehead atoms. The maximum absolute atomic E-state index is 14.0. The molecule has 1 aromatic heterocycles. The van der Waals surface area contributed by atoms with Gasteiger partial charge in [0.05, 0.1) is 16.1 Å². The number of benzene rings is 4. The van der Waals surface area contributed by atoms with Gasteiger partial charge in [-0.3, -0.25) is 14.6 Å². The standard InChI is InChI=1S/C45H45Cl2N3O7/c1-25(2)44(52)50-22-33-21-41-40(56-24-42(57-41)31-10-12-34(13-11-31)55-23-29-7-14-36(46)37(47)17-29)20-32(33)19-39(50)43(51)49-38(45(53)54)18-28-5-8-30(9-6-28)35-15-16-48-27(4)26(35)3/h5-17,20-21,25,38-39,42,45,53-54H,18-19,22-24H2,1-4H3,(H,49,51). The van der Waals surface area contributed by atoms with E-state index in [1.165, 1.54) is 0 Å². The van der Waals surface area contributed by atoms with Crippen molar-refractivity contribution in [3.63, 3.8) is 0 Å². The van der Waals surface area contributed by atoms with Crippen molar-refractivity contribution in [2.45, 2.75) is 78.2 Å². The van der Waals surface area contributed by atoms with Gasteiger partial charge >= 0.3 is 0 Å². The molecule has 0 radical (unpaired) electrons. The van der Waals surface area contributed by atoms with Crippen LogP contribution in [0.5, 0.6) is 17.2 Å². The maximum Gasteiger partial charge on any atom is 0.243 e. The number of hydrogen-bond acceptors (Lipinski definition) is 8. The van der Waals surface area contributed by atoms with Crippen LogP contribution in [0.4, 0.5) is 0 Å². The van der Waals surface area contributed by atoms with Crippen molar-refractivity contribution >= 4 is 35.0 Å². The molecule has 4 aromatic carbocycles.